The van der Waals surface area contributed by atoms with Gasteiger partial charge in [0, 0.05) is 31.9 Å². The molecule has 28 heavy (non-hydrogen) atoms. The molecule has 0 fully saturated rings. The number of ether oxygens (including phenoxy) is 2. The number of hydrogen-bond donors (Lipinski definition) is 2. The summed E-state index contributed by atoms with van der Waals surface area (Å²) in [6, 6.07) is 12.2. The van der Waals surface area contributed by atoms with E-state index in [1.54, 1.807) is 20.4 Å². The number of nitrogens with one attached hydrogen (secondary N) is 2. The Balaban J connectivity index is 0.00000392. The van der Waals surface area contributed by atoms with E-state index < -0.39 is 0 Å². The second-order valence-electron chi connectivity index (χ2n) is 6.22. The fraction of sp³-hybridized carbons (Fsp3) is 0.429. The van der Waals surface area contributed by atoms with Crippen molar-refractivity contribution in [3.63, 3.8) is 0 Å². The molecule has 0 amide bonds. The molecule has 1 atom stereocenters. The Bertz CT molecular complexity index is 723. The number of benzene rings is 1. The average molecular weight is 498 g/mol. The maximum Gasteiger partial charge on any atom is 0.218 e. The third-order valence-corrected chi connectivity index (χ3v) is 4.36. The van der Waals surface area contributed by atoms with Gasteiger partial charge in [-0.15, -0.1) is 24.0 Å². The highest BCUT2D eigenvalue weighted by atomic mass is 127. The number of rotatable bonds is 9. The number of halogens is 1. The summed E-state index contributed by atoms with van der Waals surface area (Å²) in [5.41, 5.74) is 2.31. The zero-order chi connectivity index (χ0) is 19.5. The maximum atomic E-state index is 5.56. The normalized spacial score (nSPS) is 11.9. The number of aromatic nitrogens is 1. The van der Waals surface area contributed by atoms with Crippen molar-refractivity contribution in [3.05, 3.63) is 53.7 Å². The van der Waals surface area contributed by atoms with E-state index in [4.69, 9.17) is 9.47 Å². The van der Waals surface area contributed by atoms with E-state index >= 15 is 0 Å². The number of aliphatic imine (C=N–C) groups is 1. The summed E-state index contributed by atoms with van der Waals surface area (Å²) in [5, 5.41) is 6.68. The molecule has 7 heteroatoms. The molecule has 0 bridgehead atoms. The first-order valence-electron chi connectivity index (χ1n) is 9.33. The van der Waals surface area contributed by atoms with Gasteiger partial charge >= 0.3 is 0 Å². The molecule has 2 aromatic rings. The lowest BCUT2D eigenvalue weighted by molar-refractivity contribution is 0.322. The van der Waals surface area contributed by atoms with E-state index in [0.29, 0.717) is 24.9 Å². The van der Waals surface area contributed by atoms with E-state index in [0.717, 1.165) is 30.2 Å². The van der Waals surface area contributed by atoms with E-state index in [9.17, 15) is 0 Å². The molecule has 1 unspecified atom stereocenters. The zero-order valence-corrected chi connectivity index (χ0v) is 19.4. The summed E-state index contributed by atoms with van der Waals surface area (Å²) in [4.78, 5) is 8.56. The van der Waals surface area contributed by atoms with Crippen LogP contribution in [-0.4, -0.2) is 38.3 Å². The summed E-state index contributed by atoms with van der Waals surface area (Å²) in [7, 11) is 3.46. The average Bonchev–Trinajstić information content (AvgIpc) is 2.71. The second-order valence-corrected chi connectivity index (χ2v) is 6.22. The van der Waals surface area contributed by atoms with Gasteiger partial charge in [-0.2, -0.15) is 0 Å². The van der Waals surface area contributed by atoms with Gasteiger partial charge in [0.1, 0.15) is 5.75 Å². The summed E-state index contributed by atoms with van der Waals surface area (Å²) in [5.74, 6) is 2.76. The predicted octanol–water partition coefficient (Wildman–Crippen LogP) is 3.97. The molecule has 0 spiro atoms. The van der Waals surface area contributed by atoms with E-state index in [-0.39, 0.29) is 24.0 Å². The molecule has 2 N–H and O–H groups in total. The van der Waals surface area contributed by atoms with Gasteiger partial charge < -0.3 is 20.1 Å². The fourth-order valence-corrected chi connectivity index (χ4v) is 2.73. The van der Waals surface area contributed by atoms with Crippen LogP contribution in [0.1, 0.15) is 37.3 Å². The van der Waals surface area contributed by atoms with Gasteiger partial charge in [-0.05, 0) is 43.0 Å². The van der Waals surface area contributed by atoms with Crippen LogP contribution in [0.3, 0.4) is 0 Å². The third kappa shape index (κ3) is 7.53. The largest absolute Gasteiger partial charge is 0.497 e. The van der Waals surface area contributed by atoms with Crippen molar-refractivity contribution >= 4 is 29.9 Å². The highest BCUT2D eigenvalue weighted by Crippen LogP contribution is 2.21. The van der Waals surface area contributed by atoms with Crippen molar-refractivity contribution in [1.82, 2.24) is 15.6 Å². The van der Waals surface area contributed by atoms with E-state index in [1.807, 2.05) is 31.2 Å². The highest BCUT2D eigenvalue weighted by Gasteiger charge is 2.08. The standard InChI is InChI=1S/C21H30N4O2.HI/c1-5-27-20-18(7-6-13-23-20)15-25-21(22-3)24-14-12-16(2)17-8-10-19(26-4)11-9-17;/h6-11,13,16H,5,12,14-15H2,1-4H3,(H2,22,24,25);1H. The molecule has 0 saturated carbocycles. The Morgan fingerprint density at radius 2 is 1.93 bits per heavy atom. The number of hydrogen-bond acceptors (Lipinski definition) is 4. The van der Waals surface area contributed by atoms with Gasteiger partial charge in [0.15, 0.2) is 5.96 Å². The van der Waals surface area contributed by atoms with Gasteiger partial charge in [-0.25, -0.2) is 4.98 Å². The molecule has 0 aliphatic carbocycles. The van der Waals surface area contributed by atoms with Gasteiger partial charge in [-0.1, -0.05) is 25.1 Å². The van der Waals surface area contributed by atoms with Crippen LogP contribution in [0.2, 0.25) is 0 Å². The Morgan fingerprint density at radius 3 is 2.57 bits per heavy atom. The topological polar surface area (TPSA) is 67.8 Å². The van der Waals surface area contributed by atoms with Crippen LogP contribution >= 0.6 is 24.0 Å². The van der Waals surface area contributed by atoms with Crippen LogP contribution in [-0.2, 0) is 6.54 Å². The van der Waals surface area contributed by atoms with Crippen molar-refractivity contribution < 1.29 is 9.47 Å². The molecule has 154 valence electrons. The quantitative estimate of drug-likeness (QED) is 0.311. The van der Waals surface area contributed by atoms with Gasteiger partial charge in [0.2, 0.25) is 5.88 Å². The van der Waals surface area contributed by atoms with E-state index in [1.165, 1.54) is 5.56 Å². The summed E-state index contributed by atoms with van der Waals surface area (Å²) in [6.45, 7) is 6.22. The Kier molecular flexibility index (Phi) is 11.3. The fourth-order valence-electron chi connectivity index (χ4n) is 2.73. The van der Waals surface area contributed by atoms with Crippen molar-refractivity contribution in [2.75, 3.05) is 27.3 Å². The minimum Gasteiger partial charge on any atom is -0.497 e. The maximum absolute atomic E-state index is 5.56. The number of guanidine groups is 1. The molecule has 0 aliphatic rings. The Hall–Kier alpha value is -2.03. The Labute approximate surface area is 185 Å². The van der Waals surface area contributed by atoms with Crippen molar-refractivity contribution in [1.29, 1.82) is 0 Å². The van der Waals surface area contributed by atoms with Crippen molar-refractivity contribution in [3.8, 4) is 11.6 Å². The SMILES string of the molecule is CCOc1ncccc1CNC(=NC)NCCC(C)c1ccc(OC)cc1.I. The van der Waals surface area contributed by atoms with Crippen molar-refractivity contribution in [2.45, 2.75) is 32.7 Å². The molecular formula is C21H31IN4O2. The highest BCUT2D eigenvalue weighted by molar-refractivity contribution is 14.0. The first kappa shape index (κ1) is 24.0. The third-order valence-electron chi connectivity index (χ3n) is 4.36. The van der Waals surface area contributed by atoms with Crippen LogP contribution < -0.4 is 20.1 Å². The molecule has 2 rings (SSSR count). The summed E-state index contributed by atoms with van der Waals surface area (Å²) >= 11 is 0. The van der Waals surface area contributed by atoms with E-state index in [2.05, 4.69) is 39.7 Å². The van der Waals surface area contributed by atoms with Crippen LogP contribution in [0, 0.1) is 0 Å². The summed E-state index contributed by atoms with van der Waals surface area (Å²) in [6.07, 6.45) is 2.74. The molecule has 1 heterocycles. The first-order chi connectivity index (χ1) is 13.2. The lowest BCUT2D eigenvalue weighted by Crippen LogP contribution is -2.37. The van der Waals surface area contributed by atoms with Crippen LogP contribution in [0.15, 0.2) is 47.6 Å². The summed E-state index contributed by atoms with van der Waals surface area (Å²) < 4.78 is 10.8. The van der Waals surface area contributed by atoms with Crippen LogP contribution in [0.4, 0.5) is 0 Å². The second kappa shape index (κ2) is 13.2. The molecule has 0 saturated heterocycles. The number of pyridine rings is 1. The smallest absolute Gasteiger partial charge is 0.218 e. The van der Waals surface area contributed by atoms with Gasteiger partial charge in [0.25, 0.3) is 0 Å². The lowest BCUT2D eigenvalue weighted by atomic mass is 9.98. The lowest BCUT2D eigenvalue weighted by Gasteiger charge is -2.16. The minimum atomic E-state index is 0. The molecule has 0 radical (unpaired) electrons. The molecule has 0 aliphatic heterocycles. The Morgan fingerprint density at radius 1 is 1.18 bits per heavy atom. The van der Waals surface area contributed by atoms with Gasteiger partial charge in [0.05, 0.1) is 13.7 Å². The molecular weight excluding hydrogens is 467 g/mol. The molecule has 1 aromatic carbocycles. The first-order valence-corrected chi connectivity index (χ1v) is 9.33. The zero-order valence-electron chi connectivity index (χ0n) is 17.1. The van der Waals surface area contributed by atoms with Crippen LogP contribution in [0.25, 0.3) is 0 Å². The van der Waals surface area contributed by atoms with Crippen LogP contribution in [0.5, 0.6) is 11.6 Å². The molecule has 6 nitrogen and oxygen atoms in total. The van der Waals surface area contributed by atoms with Gasteiger partial charge in [-0.3, -0.25) is 4.99 Å². The molecule has 1 aromatic heterocycles. The minimum absolute atomic E-state index is 0. The number of methoxy groups -OCH3 is 1. The number of nitrogens with zero attached hydrogens (tertiary/aromatic N) is 2. The monoisotopic (exact) mass is 498 g/mol. The predicted molar refractivity (Wildman–Crippen MR) is 125 cm³/mol. The van der Waals surface area contributed by atoms with Crippen molar-refractivity contribution in [2.24, 2.45) is 4.99 Å².